The highest BCUT2D eigenvalue weighted by Crippen LogP contribution is 2.37. The number of hydrogen-bond acceptors (Lipinski definition) is 7. The number of rotatable bonds is 10. The molecule has 2 aromatic carbocycles. The van der Waals surface area contributed by atoms with E-state index in [4.69, 9.17) is 4.74 Å². The standard InChI is InChI=1S/C22H28N2O5/c1-5-21(23-19(3,25)26,17-13-9-7-10-14-17)29-22(6-2,24-20(4,27)28)18-15-11-8-12-16-18/h5-16,23-28H,1-2H2,3-4H3. The molecule has 0 aliphatic carbocycles. The van der Waals surface area contributed by atoms with Crippen molar-refractivity contribution in [2.75, 3.05) is 0 Å². The van der Waals surface area contributed by atoms with E-state index in [0.29, 0.717) is 11.1 Å². The SMILES string of the molecule is C=CC(NC(C)(O)O)(OC(C=C)(NC(C)(O)O)c1ccccc1)c1ccccc1. The zero-order valence-corrected chi connectivity index (χ0v) is 16.5. The van der Waals surface area contributed by atoms with Crippen molar-refractivity contribution in [2.45, 2.75) is 37.1 Å². The van der Waals surface area contributed by atoms with Crippen LogP contribution in [-0.2, 0) is 16.2 Å². The third-order valence-electron chi connectivity index (χ3n) is 4.15. The van der Waals surface area contributed by atoms with Crippen LogP contribution in [0.1, 0.15) is 25.0 Å². The lowest BCUT2D eigenvalue weighted by Gasteiger charge is -2.45. The molecule has 0 amide bonds. The van der Waals surface area contributed by atoms with Gasteiger partial charge in [-0.1, -0.05) is 73.8 Å². The van der Waals surface area contributed by atoms with Crippen molar-refractivity contribution in [1.29, 1.82) is 0 Å². The maximum Gasteiger partial charge on any atom is 0.222 e. The Hall–Kier alpha value is -2.36. The molecular formula is C22H28N2O5. The average molecular weight is 400 g/mol. The Labute approximate surface area is 170 Å². The maximum atomic E-state index is 10.1. The molecule has 0 radical (unpaired) electrons. The van der Waals surface area contributed by atoms with Crippen molar-refractivity contribution in [1.82, 2.24) is 10.6 Å². The summed E-state index contributed by atoms with van der Waals surface area (Å²) in [6.45, 7) is 9.87. The Balaban J connectivity index is 2.70. The summed E-state index contributed by atoms with van der Waals surface area (Å²) < 4.78 is 6.35. The number of ether oxygens (including phenoxy) is 1. The lowest BCUT2D eigenvalue weighted by molar-refractivity contribution is -0.272. The van der Waals surface area contributed by atoms with E-state index in [1.165, 1.54) is 12.2 Å². The number of hydrogen-bond donors (Lipinski definition) is 6. The van der Waals surface area contributed by atoms with Crippen molar-refractivity contribution in [3.05, 3.63) is 97.1 Å². The summed E-state index contributed by atoms with van der Waals surface area (Å²) in [4.78, 5) is 0. The summed E-state index contributed by atoms with van der Waals surface area (Å²) in [7, 11) is 0. The van der Waals surface area contributed by atoms with Gasteiger partial charge in [-0.25, -0.2) is 10.6 Å². The molecule has 0 fully saturated rings. The van der Waals surface area contributed by atoms with Crippen molar-refractivity contribution < 1.29 is 25.2 Å². The Bertz CT molecular complexity index is 745. The van der Waals surface area contributed by atoms with Gasteiger partial charge in [0.05, 0.1) is 0 Å². The molecule has 0 spiro atoms. The quantitative estimate of drug-likeness (QED) is 0.265. The van der Waals surface area contributed by atoms with Crippen LogP contribution in [0.2, 0.25) is 0 Å². The topological polar surface area (TPSA) is 114 Å². The molecule has 0 aliphatic heterocycles. The van der Waals surface area contributed by atoms with Gasteiger partial charge in [0.1, 0.15) is 0 Å². The lowest BCUT2D eigenvalue weighted by atomic mass is 9.97. The third kappa shape index (κ3) is 5.81. The van der Waals surface area contributed by atoms with E-state index in [0.717, 1.165) is 13.8 Å². The van der Waals surface area contributed by atoms with Crippen molar-refractivity contribution in [2.24, 2.45) is 0 Å². The molecule has 0 bridgehead atoms. The molecule has 0 aromatic heterocycles. The molecule has 0 saturated carbocycles. The third-order valence-corrected chi connectivity index (χ3v) is 4.15. The van der Waals surface area contributed by atoms with Gasteiger partial charge in [-0.05, 0) is 12.2 Å². The summed E-state index contributed by atoms with van der Waals surface area (Å²) in [5.74, 6) is -4.70. The summed E-state index contributed by atoms with van der Waals surface area (Å²) >= 11 is 0. The number of benzene rings is 2. The van der Waals surface area contributed by atoms with Crippen LogP contribution < -0.4 is 10.6 Å². The van der Waals surface area contributed by atoms with E-state index >= 15 is 0 Å². The monoisotopic (exact) mass is 400 g/mol. The molecule has 156 valence electrons. The minimum absolute atomic E-state index is 0.492. The van der Waals surface area contributed by atoms with Gasteiger partial charge in [-0.15, -0.1) is 0 Å². The first kappa shape index (κ1) is 22.9. The molecule has 0 saturated heterocycles. The van der Waals surface area contributed by atoms with Crippen LogP contribution in [0.5, 0.6) is 0 Å². The second kappa shape index (κ2) is 8.56. The number of aliphatic hydroxyl groups is 4. The van der Waals surface area contributed by atoms with Crippen LogP contribution in [0.15, 0.2) is 86.0 Å². The molecule has 7 nitrogen and oxygen atoms in total. The van der Waals surface area contributed by atoms with Crippen LogP contribution in [-0.4, -0.2) is 32.2 Å². The molecule has 2 atom stereocenters. The Morgan fingerprint density at radius 2 is 1.00 bits per heavy atom. The highest BCUT2D eigenvalue weighted by Gasteiger charge is 2.46. The van der Waals surface area contributed by atoms with E-state index < -0.39 is 23.3 Å². The molecule has 0 heterocycles. The lowest BCUT2D eigenvalue weighted by Crippen LogP contribution is -2.63. The van der Waals surface area contributed by atoms with Crippen molar-refractivity contribution in [3.63, 3.8) is 0 Å². The van der Waals surface area contributed by atoms with Gasteiger partial charge in [0.2, 0.25) is 11.8 Å². The van der Waals surface area contributed by atoms with Crippen LogP contribution in [0, 0.1) is 0 Å². The van der Waals surface area contributed by atoms with E-state index in [9.17, 15) is 20.4 Å². The molecular weight excluding hydrogens is 372 g/mol. The molecule has 2 aromatic rings. The fraction of sp³-hybridized carbons (Fsp3) is 0.273. The van der Waals surface area contributed by atoms with Gasteiger partial charge in [0, 0.05) is 25.0 Å². The molecule has 2 rings (SSSR count). The minimum atomic E-state index is -2.35. The Kier molecular flexibility index (Phi) is 6.77. The minimum Gasteiger partial charge on any atom is -0.354 e. The second-order valence-electron chi connectivity index (χ2n) is 7.01. The highest BCUT2D eigenvalue weighted by atomic mass is 16.6. The summed E-state index contributed by atoms with van der Waals surface area (Å²) in [5, 5.41) is 45.6. The Morgan fingerprint density at radius 1 is 0.690 bits per heavy atom. The second-order valence-corrected chi connectivity index (χ2v) is 7.01. The first-order valence-electron chi connectivity index (χ1n) is 9.02. The highest BCUT2D eigenvalue weighted by molar-refractivity contribution is 5.31. The zero-order chi connectivity index (χ0) is 21.8. The van der Waals surface area contributed by atoms with Crippen LogP contribution >= 0.6 is 0 Å². The predicted octanol–water partition coefficient (Wildman–Crippen LogP) is 1.58. The van der Waals surface area contributed by atoms with Gasteiger partial charge in [-0.3, -0.25) is 0 Å². The van der Waals surface area contributed by atoms with Gasteiger partial charge < -0.3 is 25.2 Å². The zero-order valence-electron chi connectivity index (χ0n) is 16.5. The maximum absolute atomic E-state index is 10.1. The molecule has 7 heteroatoms. The van der Waals surface area contributed by atoms with Crippen LogP contribution in [0.3, 0.4) is 0 Å². The van der Waals surface area contributed by atoms with Crippen LogP contribution in [0.25, 0.3) is 0 Å². The summed E-state index contributed by atoms with van der Waals surface area (Å²) in [6.07, 6.45) is 2.70. The first-order chi connectivity index (χ1) is 13.5. The molecule has 0 aliphatic rings. The largest absolute Gasteiger partial charge is 0.354 e. The van der Waals surface area contributed by atoms with Crippen molar-refractivity contribution >= 4 is 0 Å². The van der Waals surface area contributed by atoms with Gasteiger partial charge in [0.15, 0.2) is 11.4 Å². The predicted molar refractivity (Wildman–Crippen MR) is 110 cm³/mol. The smallest absolute Gasteiger partial charge is 0.222 e. The fourth-order valence-corrected chi connectivity index (χ4v) is 3.06. The summed E-state index contributed by atoms with van der Waals surface area (Å²) in [5.41, 5.74) is -2.35. The average Bonchev–Trinajstić information content (AvgIpc) is 2.66. The van der Waals surface area contributed by atoms with Gasteiger partial charge in [0.25, 0.3) is 0 Å². The van der Waals surface area contributed by atoms with E-state index in [1.807, 2.05) is 0 Å². The normalized spacial score (nSPS) is 16.5. The number of nitrogens with one attached hydrogen (secondary N) is 2. The first-order valence-corrected chi connectivity index (χ1v) is 9.02. The molecule has 29 heavy (non-hydrogen) atoms. The molecule has 6 N–H and O–H groups in total. The van der Waals surface area contributed by atoms with Gasteiger partial charge >= 0.3 is 0 Å². The Morgan fingerprint density at radius 3 is 1.24 bits per heavy atom. The van der Waals surface area contributed by atoms with E-state index in [2.05, 4.69) is 23.8 Å². The van der Waals surface area contributed by atoms with E-state index in [1.54, 1.807) is 60.7 Å². The van der Waals surface area contributed by atoms with E-state index in [-0.39, 0.29) is 0 Å². The van der Waals surface area contributed by atoms with Crippen molar-refractivity contribution in [3.8, 4) is 0 Å². The molecule has 2 unspecified atom stereocenters. The van der Waals surface area contributed by atoms with Crippen LogP contribution in [0.4, 0.5) is 0 Å². The fourth-order valence-electron chi connectivity index (χ4n) is 3.06. The van der Waals surface area contributed by atoms with Gasteiger partial charge in [-0.2, -0.15) is 0 Å². The summed E-state index contributed by atoms with van der Waals surface area (Å²) in [6, 6.07) is 17.4.